The molecule has 0 aromatic heterocycles. The summed E-state index contributed by atoms with van der Waals surface area (Å²) in [6.07, 6.45) is 4.32. The van der Waals surface area contributed by atoms with Crippen LogP contribution in [0.3, 0.4) is 0 Å². The summed E-state index contributed by atoms with van der Waals surface area (Å²) in [6.45, 7) is 75.2. The Morgan fingerprint density at radius 1 is 0.246 bits per heavy atom. The first-order chi connectivity index (χ1) is 66.7. The minimum Gasteiger partial charge on any atom is -0.423 e. The maximum absolute atomic E-state index is 12.4. The lowest BCUT2D eigenvalue weighted by Gasteiger charge is -2.22. The fourth-order valence-corrected chi connectivity index (χ4v) is 18.6. The molecule has 13 heteroatoms. The van der Waals surface area contributed by atoms with E-state index in [2.05, 4.69) is 188 Å². The van der Waals surface area contributed by atoms with Crippen LogP contribution >= 0.6 is 0 Å². The van der Waals surface area contributed by atoms with Crippen LogP contribution < -0.4 is 4.74 Å². The van der Waals surface area contributed by atoms with Gasteiger partial charge >= 0.3 is 5.97 Å². The molecule has 0 amide bonds. The molecule has 768 valence electrons. The number of sulfone groups is 2. The number of carbonyl (C=O) groups excluding carboxylic acids is 6. The van der Waals surface area contributed by atoms with E-state index in [0.717, 1.165) is 69.3 Å². The van der Waals surface area contributed by atoms with Gasteiger partial charge in [0.1, 0.15) is 17.3 Å². The molecule has 0 fully saturated rings. The van der Waals surface area contributed by atoms with E-state index in [1.807, 2.05) is 262 Å². The molecule has 0 spiro atoms. The van der Waals surface area contributed by atoms with E-state index in [0.29, 0.717) is 47.3 Å². The van der Waals surface area contributed by atoms with Crippen LogP contribution in [0.4, 0.5) is 0 Å². The number of hydrogen-bond acceptors (Lipinski definition) is 11. The highest BCUT2D eigenvalue weighted by molar-refractivity contribution is 7.92. The third-order valence-corrected chi connectivity index (χ3v) is 25.5. The molecular weight excluding hydrogens is 1790 g/mol. The van der Waals surface area contributed by atoms with Crippen molar-refractivity contribution in [1.82, 2.24) is 0 Å². The standard InChI is InChI=1S/C21H26O.C20H24O3S.C20H24O.C19H22O3S.C19H22O.C18H20O2.6C2H6/c1-16-15-18(13-14-19(16)21(2,3)4)20(22)12-8-11-17-9-6-5-7-10-17;1-15-12-17(10-11-18(15)20(2,3)4)19(21)14-24(22,23)13-16-8-6-5-7-9-16;1-15-14-17(11-12-18(15)20(2,3)4)19(21)13-10-16-8-6-5-7-9-16;1-14-12-15(10-11-17(14)19(2,3)4)18(20)13-23(21,22)16-8-6-5-7-9-16;1-14-12-16(10-11-17(14)19(2,3)4)18(20)13-15-8-6-5-7-9-15;1-13-12-14(10-11-16(13)18(2,3)4)17(19)20-15-8-6-5-7-9-15;6*1-2/h5-7,9-10,13-15H,8,11-12H2,1-4H3;5-12H,13-14H2,1-4H3;5-9,11-12,14H,10,13H2,1-4H3;5-12H,13H2,1-4H3;5-12H,13H2,1-4H3;5-12H,1-4H3;6*1-2H3. The van der Waals surface area contributed by atoms with Crippen LogP contribution in [0.15, 0.2) is 296 Å². The molecule has 142 heavy (non-hydrogen) atoms. The van der Waals surface area contributed by atoms with Gasteiger partial charge in [-0.1, -0.05) is 432 Å². The number of carbonyl (C=O) groups is 6. The van der Waals surface area contributed by atoms with E-state index in [9.17, 15) is 45.6 Å². The number of hydrogen-bond donors (Lipinski definition) is 0. The molecule has 12 aromatic carbocycles. The van der Waals surface area contributed by atoms with E-state index >= 15 is 0 Å². The molecule has 0 N–H and O–H groups in total. The number of aryl methyl sites for hydroxylation is 8. The summed E-state index contributed by atoms with van der Waals surface area (Å²) in [7, 11) is -7.09. The van der Waals surface area contributed by atoms with Gasteiger partial charge in [0.2, 0.25) is 0 Å². The van der Waals surface area contributed by atoms with Crippen LogP contribution in [-0.4, -0.2) is 63.2 Å². The monoisotopic (exact) mass is 1960 g/mol. The predicted octanol–water partition coefficient (Wildman–Crippen LogP) is 34.0. The van der Waals surface area contributed by atoms with Gasteiger partial charge in [-0.15, -0.1) is 0 Å². The number of benzene rings is 12. The number of Topliss-reactive ketones (excluding diaryl/α,β-unsaturated/α-hetero) is 5. The highest BCUT2D eigenvalue weighted by Crippen LogP contribution is 2.34. The van der Waals surface area contributed by atoms with Crippen molar-refractivity contribution in [3.05, 3.63) is 414 Å². The quantitative estimate of drug-likeness (QED) is 0.0338. The normalized spacial score (nSPS) is 10.9. The van der Waals surface area contributed by atoms with Crippen LogP contribution in [-0.2, 0) is 77.2 Å². The number of ketones is 5. The van der Waals surface area contributed by atoms with Crippen molar-refractivity contribution in [3.63, 3.8) is 0 Å². The van der Waals surface area contributed by atoms with Crippen LogP contribution in [0.2, 0.25) is 0 Å². The Morgan fingerprint density at radius 2 is 0.486 bits per heavy atom. The zero-order valence-corrected chi connectivity index (χ0v) is 95.0. The lowest BCUT2D eigenvalue weighted by molar-refractivity contribution is 0.0733. The molecule has 11 nitrogen and oxygen atoms in total. The second kappa shape index (κ2) is 62.7. The maximum atomic E-state index is 12.4. The van der Waals surface area contributed by atoms with Gasteiger partial charge in [-0.2, -0.15) is 0 Å². The zero-order chi connectivity index (χ0) is 108. The highest BCUT2D eigenvalue weighted by atomic mass is 32.2. The molecule has 0 saturated heterocycles. The first kappa shape index (κ1) is 128. The van der Waals surface area contributed by atoms with E-state index in [1.165, 1.54) is 62.2 Å². The fraction of sp³-hybridized carbons (Fsp3) is 0.395. The van der Waals surface area contributed by atoms with E-state index < -0.39 is 31.2 Å². The van der Waals surface area contributed by atoms with Crippen molar-refractivity contribution in [1.29, 1.82) is 0 Å². The van der Waals surface area contributed by atoms with Crippen molar-refractivity contribution in [2.24, 2.45) is 0 Å². The van der Waals surface area contributed by atoms with Gasteiger partial charge in [-0.05, 0) is 249 Å². The van der Waals surface area contributed by atoms with Crippen molar-refractivity contribution in [2.45, 2.75) is 331 Å². The van der Waals surface area contributed by atoms with Gasteiger partial charge in [-0.3, -0.25) is 24.0 Å². The summed E-state index contributed by atoms with van der Waals surface area (Å²) in [4.78, 5) is 74.0. The number of esters is 1. The Hall–Kier alpha value is -11.6. The van der Waals surface area contributed by atoms with Gasteiger partial charge in [0.05, 0.1) is 16.2 Å². The minimum atomic E-state index is -3.61. The minimum absolute atomic E-state index is 0.00888. The molecule has 0 saturated carbocycles. The van der Waals surface area contributed by atoms with Gasteiger partial charge in [-0.25, -0.2) is 21.6 Å². The molecule has 12 rings (SSSR count). The molecule has 0 radical (unpaired) electrons. The Labute approximate surface area is 860 Å². The molecule has 0 unspecified atom stereocenters. The molecule has 0 bridgehead atoms. The number of ether oxygens (including phenoxy) is 1. The molecule has 0 heterocycles. The molecule has 0 aliphatic carbocycles. The predicted molar refractivity (Wildman–Crippen MR) is 607 cm³/mol. The zero-order valence-electron chi connectivity index (χ0n) is 93.4. The third-order valence-electron chi connectivity index (χ3n) is 22.4. The molecule has 0 atom stereocenters. The van der Waals surface area contributed by atoms with Crippen LogP contribution in [0.5, 0.6) is 5.75 Å². The van der Waals surface area contributed by atoms with E-state index in [1.54, 1.807) is 78.9 Å². The van der Waals surface area contributed by atoms with Crippen molar-refractivity contribution in [2.75, 3.05) is 11.5 Å². The van der Waals surface area contributed by atoms with Gasteiger partial charge in [0.25, 0.3) is 0 Å². The highest BCUT2D eigenvalue weighted by Gasteiger charge is 2.27. The van der Waals surface area contributed by atoms with Crippen molar-refractivity contribution < 1.29 is 50.3 Å². The third kappa shape index (κ3) is 45.3. The first-order valence-electron chi connectivity index (χ1n) is 50.9. The smallest absolute Gasteiger partial charge is 0.343 e. The van der Waals surface area contributed by atoms with E-state index in [4.69, 9.17) is 4.74 Å². The average Bonchev–Trinajstić information content (AvgIpc) is 0.776. The summed E-state index contributed by atoms with van der Waals surface area (Å²) >= 11 is 0. The summed E-state index contributed by atoms with van der Waals surface area (Å²) in [5.41, 5.74) is 22.9. The molecule has 0 aliphatic rings. The Kier molecular flexibility index (Phi) is 56.7. The number of para-hydroxylation sites is 1. The van der Waals surface area contributed by atoms with Crippen LogP contribution in [0.1, 0.15) is 378 Å². The van der Waals surface area contributed by atoms with Gasteiger partial charge in [0.15, 0.2) is 48.6 Å². The second-order valence-corrected chi connectivity index (χ2v) is 44.1. The van der Waals surface area contributed by atoms with Gasteiger partial charge in [0, 0.05) is 47.1 Å². The Bertz CT molecular complexity index is 5920. The molecule has 0 aliphatic heterocycles. The summed E-state index contributed by atoms with van der Waals surface area (Å²) in [5.74, 6) is -0.913. The second-order valence-electron chi connectivity index (χ2n) is 40.1. The lowest BCUT2D eigenvalue weighted by Crippen LogP contribution is -2.19. The average molecular weight is 1960 g/mol. The lowest BCUT2D eigenvalue weighted by atomic mass is 9.83. The Balaban J connectivity index is 0.000000834. The first-order valence-corrected chi connectivity index (χ1v) is 54.4. The Morgan fingerprint density at radius 3 is 0.789 bits per heavy atom. The van der Waals surface area contributed by atoms with Crippen LogP contribution in [0.25, 0.3) is 0 Å². The van der Waals surface area contributed by atoms with Gasteiger partial charge < -0.3 is 4.74 Å². The summed E-state index contributed by atoms with van der Waals surface area (Å²) in [5, 5.41) is 0. The topological polar surface area (TPSA) is 180 Å². The number of rotatable bonds is 23. The maximum Gasteiger partial charge on any atom is 0.343 e. The van der Waals surface area contributed by atoms with E-state index in [-0.39, 0.29) is 78.0 Å². The van der Waals surface area contributed by atoms with Crippen LogP contribution in [0, 0.1) is 41.5 Å². The largest absolute Gasteiger partial charge is 0.423 e. The molecular formula is C129H174O11S2. The summed E-state index contributed by atoms with van der Waals surface area (Å²) in [6, 6.07) is 91.5. The molecule has 12 aromatic rings. The van der Waals surface area contributed by atoms with Crippen molar-refractivity contribution in [3.8, 4) is 5.75 Å². The fourth-order valence-electron chi connectivity index (χ4n) is 16.0. The summed E-state index contributed by atoms with van der Waals surface area (Å²) < 4.78 is 54.5. The SMILES string of the molecule is CC.CC.CC.CC.CC.CC.Cc1cc(C(=O)CCCc2ccccc2)ccc1C(C)(C)C.Cc1cc(C(=O)CCc2ccccc2)ccc1C(C)(C)C.Cc1cc(C(=O)CS(=O)(=O)Cc2ccccc2)ccc1C(C)(C)C.Cc1cc(C(=O)CS(=O)(=O)c2ccccc2)ccc1C(C)(C)C.Cc1cc(C(=O)Cc2ccccc2)ccc1C(C)(C)C.Cc1cc(C(=O)Oc2ccccc2)ccc1C(C)(C)C. The van der Waals surface area contributed by atoms with Crippen molar-refractivity contribution >= 4 is 54.6 Å².